The van der Waals surface area contributed by atoms with Gasteiger partial charge in [-0.1, -0.05) is 13.8 Å². The third-order valence-electron chi connectivity index (χ3n) is 1.55. The summed E-state index contributed by atoms with van der Waals surface area (Å²) in [5, 5.41) is 2.68. The molecular formula is C9H19NO2S. The monoisotopic (exact) mass is 205 g/mol. The van der Waals surface area contributed by atoms with Crippen LogP contribution in [0.15, 0.2) is 0 Å². The molecule has 0 aromatic carbocycles. The van der Waals surface area contributed by atoms with Crippen LogP contribution in [0.3, 0.4) is 0 Å². The van der Waals surface area contributed by atoms with Crippen molar-refractivity contribution in [2.45, 2.75) is 20.3 Å². The van der Waals surface area contributed by atoms with Crippen molar-refractivity contribution in [3.63, 3.8) is 0 Å². The highest BCUT2D eigenvalue weighted by Crippen LogP contribution is 1.98. The maximum atomic E-state index is 10.7. The summed E-state index contributed by atoms with van der Waals surface area (Å²) in [4.78, 5) is 10.7. The van der Waals surface area contributed by atoms with Gasteiger partial charge in [0.25, 0.3) is 0 Å². The molecule has 0 unspecified atom stereocenters. The Morgan fingerprint density at radius 2 is 2.15 bits per heavy atom. The van der Waals surface area contributed by atoms with Crippen molar-refractivity contribution in [2.75, 3.05) is 25.5 Å². The Morgan fingerprint density at radius 1 is 1.46 bits per heavy atom. The van der Waals surface area contributed by atoms with Crippen LogP contribution in [0, 0.1) is 5.92 Å². The molecule has 0 saturated heterocycles. The molecule has 0 fully saturated rings. The Bertz CT molecular complexity index is 140. The highest BCUT2D eigenvalue weighted by atomic mass is 32.1. The molecule has 0 saturated carbocycles. The van der Waals surface area contributed by atoms with Gasteiger partial charge in [-0.25, -0.2) is 0 Å². The van der Waals surface area contributed by atoms with Gasteiger partial charge in [0.05, 0.1) is 12.4 Å². The highest BCUT2D eigenvalue weighted by Gasteiger charge is 1.96. The van der Waals surface area contributed by atoms with Crippen molar-refractivity contribution >= 4 is 18.5 Å². The lowest BCUT2D eigenvalue weighted by atomic mass is 10.1. The minimum absolute atomic E-state index is 0.0456. The van der Waals surface area contributed by atoms with Gasteiger partial charge in [-0.05, 0) is 12.3 Å². The Labute approximate surface area is 85.6 Å². The molecule has 0 bridgehead atoms. The average molecular weight is 205 g/mol. The van der Waals surface area contributed by atoms with E-state index < -0.39 is 0 Å². The molecule has 1 amide bonds. The maximum Gasteiger partial charge on any atom is 0.229 e. The molecule has 0 rings (SSSR count). The molecular weight excluding hydrogens is 186 g/mol. The molecule has 0 atom stereocenters. The first-order valence-electron chi connectivity index (χ1n) is 4.62. The van der Waals surface area contributed by atoms with E-state index in [0.717, 1.165) is 13.0 Å². The van der Waals surface area contributed by atoms with Crippen molar-refractivity contribution in [1.29, 1.82) is 0 Å². The largest absolute Gasteiger partial charge is 0.380 e. The molecule has 0 aliphatic carbocycles. The van der Waals surface area contributed by atoms with Crippen LogP contribution in [0.1, 0.15) is 20.3 Å². The zero-order valence-corrected chi connectivity index (χ0v) is 9.27. The molecule has 0 aliphatic heterocycles. The van der Waals surface area contributed by atoms with E-state index in [2.05, 4.69) is 31.8 Å². The minimum Gasteiger partial charge on any atom is -0.380 e. The Kier molecular flexibility index (Phi) is 8.24. The van der Waals surface area contributed by atoms with Gasteiger partial charge in [-0.3, -0.25) is 4.79 Å². The summed E-state index contributed by atoms with van der Waals surface area (Å²) in [5.74, 6) is 0.870. The van der Waals surface area contributed by atoms with Gasteiger partial charge in [0, 0.05) is 13.2 Å². The predicted octanol–water partition coefficient (Wildman–Crippen LogP) is 1.10. The first-order chi connectivity index (χ1) is 6.16. The van der Waals surface area contributed by atoms with Crippen LogP contribution in [-0.2, 0) is 9.53 Å². The van der Waals surface area contributed by atoms with Crippen LogP contribution in [0.2, 0.25) is 0 Å². The van der Waals surface area contributed by atoms with Crippen LogP contribution in [0.4, 0.5) is 0 Å². The molecule has 3 nitrogen and oxygen atoms in total. The van der Waals surface area contributed by atoms with Gasteiger partial charge in [0.1, 0.15) is 0 Å². The van der Waals surface area contributed by atoms with Crippen molar-refractivity contribution in [1.82, 2.24) is 5.32 Å². The molecule has 0 aliphatic rings. The fraction of sp³-hybridized carbons (Fsp3) is 0.889. The number of carbonyl (C=O) groups excluding carboxylic acids is 1. The lowest BCUT2D eigenvalue weighted by Crippen LogP contribution is -2.28. The van der Waals surface area contributed by atoms with Crippen LogP contribution in [0.25, 0.3) is 0 Å². The second-order valence-corrected chi connectivity index (χ2v) is 3.62. The number of thiol groups is 1. The number of rotatable bonds is 7. The summed E-state index contributed by atoms with van der Waals surface area (Å²) in [6, 6.07) is 0. The zero-order valence-electron chi connectivity index (χ0n) is 8.38. The van der Waals surface area contributed by atoms with E-state index >= 15 is 0 Å². The quantitative estimate of drug-likeness (QED) is 0.482. The number of amides is 1. The molecule has 0 radical (unpaired) electrons. The first kappa shape index (κ1) is 12.8. The summed E-state index contributed by atoms with van der Waals surface area (Å²) >= 11 is 3.83. The van der Waals surface area contributed by atoms with Crippen LogP contribution in [0.5, 0.6) is 0 Å². The Balaban J connectivity index is 3.04. The molecule has 0 spiro atoms. The molecule has 4 heteroatoms. The van der Waals surface area contributed by atoms with E-state index in [4.69, 9.17) is 4.74 Å². The summed E-state index contributed by atoms with van der Waals surface area (Å²) < 4.78 is 5.30. The van der Waals surface area contributed by atoms with E-state index in [9.17, 15) is 4.79 Å². The van der Waals surface area contributed by atoms with Crippen LogP contribution >= 0.6 is 12.6 Å². The normalized spacial score (nSPS) is 10.5. The Hall–Kier alpha value is -0.220. The third kappa shape index (κ3) is 9.70. The molecule has 78 valence electrons. The average Bonchev–Trinajstić information content (AvgIpc) is 2.10. The molecule has 0 aromatic rings. The maximum absolute atomic E-state index is 10.7. The number of carbonyl (C=O) groups is 1. The molecule has 1 N–H and O–H groups in total. The van der Waals surface area contributed by atoms with Crippen molar-refractivity contribution in [3.8, 4) is 0 Å². The second kappa shape index (κ2) is 8.38. The first-order valence-corrected chi connectivity index (χ1v) is 5.25. The summed E-state index contributed by atoms with van der Waals surface area (Å²) in [6.07, 6.45) is 1.07. The fourth-order valence-corrected chi connectivity index (χ4v) is 0.851. The lowest BCUT2D eigenvalue weighted by molar-refractivity contribution is -0.118. The van der Waals surface area contributed by atoms with E-state index in [1.165, 1.54) is 0 Å². The topological polar surface area (TPSA) is 38.3 Å². The smallest absolute Gasteiger partial charge is 0.229 e. The van der Waals surface area contributed by atoms with Gasteiger partial charge in [0.15, 0.2) is 0 Å². The van der Waals surface area contributed by atoms with E-state index in [-0.39, 0.29) is 11.7 Å². The SMILES string of the molecule is CC(C)CCOCCNC(=O)CS. The summed E-state index contributed by atoms with van der Waals surface area (Å²) in [7, 11) is 0. The van der Waals surface area contributed by atoms with E-state index in [1.54, 1.807) is 0 Å². The Morgan fingerprint density at radius 3 is 2.69 bits per heavy atom. The molecule has 0 heterocycles. The molecule has 13 heavy (non-hydrogen) atoms. The van der Waals surface area contributed by atoms with Gasteiger partial charge in [-0.2, -0.15) is 12.6 Å². The third-order valence-corrected chi connectivity index (χ3v) is 1.84. The van der Waals surface area contributed by atoms with Crippen molar-refractivity contribution < 1.29 is 9.53 Å². The predicted molar refractivity (Wildman–Crippen MR) is 57.1 cm³/mol. The van der Waals surface area contributed by atoms with E-state index in [1.807, 2.05) is 0 Å². The number of ether oxygens (including phenoxy) is 1. The van der Waals surface area contributed by atoms with Gasteiger partial charge < -0.3 is 10.1 Å². The fourth-order valence-electron chi connectivity index (χ4n) is 0.740. The van der Waals surface area contributed by atoms with Gasteiger partial charge >= 0.3 is 0 Å². The van der Waals surface area contributed by atoms with Crippen molar-refractivity contribution in [2.24, 2.45) is 5.92 Å². The summed E-state index contributed by atoms with van der Waals surface area (Å²) in [6.45, 7) is 6.26. The number of nitrogens with one attached hydrogen (secondary N) is 1. The van der Waals surface area contributed by atoms with Crippen LogP contribution in [-0.4, -0.2) is 31.4 Å². The zero-order chi connectivity index (χ0) is 10.1. The van der Waals surface area contributed by atoms with Crippen LogP contribution < -0.4 is 5.32 Å². The highest BCUT2D eigenvalue weighted by molar-refractivity contribution is 7.81. The minimum atomic E-state index is -0.0456. The van der Waals surface area contributed by atoms with Gasteiger partial charge in [-0.15, -0.1) is 0 Å². The van der Waals surface area contributed by atoms with Gasteiger partial charge in [0.2, 0.25) is 5.91 Å². The standard InChI is InChI=1S/C9H19NO2S/c1-8(2)3-5-12-6-4-10-9(11)7-13/h8,13H,3-7H2,1-2H3,(H,10,11). The molecule has 0 aromatic heterocycles. The second-order valence-electron chi connectivity index (χ2n) is 3.30. The van der Waals surface area contributed by atoms with Crippen molar-refractivity contribution in [3.05, 3.63) is 0 Å². The summed E-state index contributed by atoms with van der Waals surface area (Å²) in [5.41, 5.74) is 0. The lowest BCUT2D eigenvalue weighted by Gasteiger charge is -2.06. The number of hydrogen-bond donors (Lipinski definition) is 2. The van der Waals surface area contributed by atoms with E-state index in [0.29, 0.717) is 19.1 Å². The number of hydrogen-bond acceptors (Lipinski definition) is 3.